The van der Waals surface area contributed by atoms with Gasteiger partial charge in [-0.3, -0.25) is 9.21 Å². The van der Waals surface area contributed by atoms with Crippen LogP contribution in [0.3, 0.4) is 0 Å². The minimum absolute atomic E-state index is 0.0966. The standard InChI is InChI=1S/C21H27N3O5S/c1-6-15-8-7-9-17(10-15)30(27,28)23-13-14(2)29-19-18(23)11-16(12-22-19)24(20(25)26)21(3,4)5/h7-12,14H,6,13H2,1-5H3,(H,25,26). The Morgan fingerprint density at radius 3 is 2.63 bits per heavy atom. The molecule has 0 fully saturated rings. The summed E-state index contributed by atoms with van der Waals surface area (Å²) in [7, 11) is -3.89. The van der Waals surface area contributed by atoms with Crippen LogP contribution >= 0.6 is 0 Å². The molecule has 1 N–H and O–H groups in total. The first kappa shape index (κ1) is 21.9. The van der Waals surface area contributed by atoms with Crippen molar-refractivity contribution in [2.24, 2.45) is 0 Å². The number of aromatic nitrogens is 1. The first-order valence-corrected chi connectivity index (χ1v) is 11.2. The van der Waals surface area contributed by atoms with E-state index in [1.165, 1.54) is 16.6 Å². The maximum absolute atomic E-state index is 13.5. The summed E-state index contributed by atoms with van der Waals surface area (Å²) in [5, 5.41) is 9.70. The van der Waals surface area contributed by atoms with Gasteiger partial charge in [-0.05, 0) is 57.9 Å². The Kier molecular flexibility index (Phi) is 5.68. The maximum atomic E-state index is 13.5. The fourth-order valence-electron chi connectivity index (χ4n) is 3.45. The monoisotopic (exact) mass is 433 g/mol. The third-order valence-electron chi connectivity index (χ3n) is 4.84. The van der Waals surface area contributed by atoms with Gasteiger partial charge < -0.3 is 9.84 Å². The van der Waals surface area contributed by atoms with Crippen molar-refractivity contribution in [3.8, 4) is 5.88 Å². The van der Waals surface area contributed by atoms with Crippen LogP contribution < -0.4 is 13.9 Å². The van der Waals surface area contributed by atoms with Crippen molar-refractivity contribution >= 4 is 27.5 Å². The molecule has 8 nitrogen and oxygen atoms in total. The van der Waals surface area contributed by atoms with E-state index >= 15 is 0 Å². The van der Waals surface area contributed by atoms with E-state index in [1.54, 1.807) is 45.9 Å². The first-order valence-electron chi connectivity index (χ1n) is 9.76. The number of hydrogen-bond donors (Lipinski definition) is 1. The number of sulfonamides is 1. The molecule has 9 heteroatoms. The van der Waals surface area contributed by atoms with Gasteiger partial charge in [0.1, 0.15) is 11.8 Å². The van der Waals surface area contributed by atoms with Gasteiger partial charge in [-0.2, -0.15) is 0 Å². The van der Waals surface area contributed by atoms with Gasteiger partial charge in [-0.1, -0.05) is 19.1 Å². The molecule has 1 amide bonds. The molecule has 2 heterocycles. The molecule has 1 aromatic heterocycles. The van der Waals surface area contributed by atoms with Gasteiger partial charge in [0.15, 0.2) is 0 Å². The fraction of sp³-hybridized carbons (Fsp3) is 0.429. The highest BCUT2D eigenvalue weighted by Crippen LogP contribution is 2.39. The van der Waals surface area contributed by atoms with E-state index in [0.29, 0.717) is 6.42 Å². The molecule has 0 aliphatic carbocycles. The maximum Gasteiger partial charge on any atom is 0.412 e. The zero-order valence-corrected chi connectivity index (χ0v) is 18.6. The van der Waals surface area contributed by atoms with Crippen molar-refractivity contribution in [3.63, 3.8) is 0 Å². The lowest BCUT2D eigenvalue weighted by molar-refractivity contribution is 0.195. The lowest BCUT2D eigenvalue weighted by Crippen LogP contribution is -2.46. The molecule has 162 valence electrons. The lowest BCUT2D eigenvalue weighted by atomic mass is 10.1. The molecule has 1 aliphatic rings. The van der Waals surface area contributed by atoms with Crippen LogP contribution in [0.25, 0.3) is 0 Å². The van der Waals surface area contributed by atoms with E-state index in [0.717, 1.165) is 10.5 Å². The Hall–Kier alpha value is -2.81. The van der Waals surface area contributed by atoms with Gasteiger partial charge in [-0.15, -0.1) is 0 Å². The third-order valence-corrected chi connectivity index (χ3v) is 6.61. The zero-order valence-electron chi connectivity index (χ0n) is 17.8. The van der Waals surface area contributed by atoms with Crippen LogP contribution in [0.15, 0.2) is 41.4 Å². The Bertz CT molecular complexity index is 1060. The predicted molar refractivity (Wildman–Crippen MR) is 115 cm³/mol. The molecular formula is C21H27N3O5S. The highest BCUT2D eigenvalue weighted by atomic mass is 32.2. The number of hydrogen-bond acceptors (Lipinski definition) is 5. The normalized spacial score (nSPS) is 16.6. The molecule has 0 spiro atoms. The number of carboxylic acid groups (broad SMARTS) is 1. The summed E-state index contributed by atoms with van der Waals surface area (Å²) in [6, 6.07) is 8.32. The number of rotatable bonds is 4. The van der Waals surface area contributed by atoms with E-state index < -0.39 is 27.8 Å². The van der Waals surface area contributed by atoms with Gasteiger partial charge >= 0.3 is 6.09 Å². The van der Waals surface area contributed by atoms with Gasteiger partial charge in [0.25, 0.3) is 10.0 Å². The van der Waals surface area contributed by atoms with E-state index in [4.69, 9.17) is 4.74 Å². The molecule has 3 rings (SSSR count). The molecule has 0 saturated heterocycles. The van der Waals surface area contributed by atoms with Gasteiger partial charge in [0.2, 0.25) is 5.88 Å². The first-order chi connectivity index (χ1) is 13.9. The van der Waals surface area contributed by atoms with Gasteiger partial charge in [0.05, 0.1) is 23.3 Å². The number of amides is 1. The van der Waals surface area contributed by atoms with Crippen LogP contribution in [0.1, 0.15) is 40.2 Å². The summed E-state index contributed by atoms with van der Waals surface area (Å²) in [5.74, 6) is 0.159. The predicted octanol–water partition coefficient (Wildman–Crippen LogP) is 3.90. The second-order valence-corrected chi connectivity index (χ2v) is 10.1. The molecule has 1 aliphatic heterocycles. The average Bonchev–Trinajstić information content (AvgIpc) is 2.66. The van der Waals surface area contributed by atoms with E-state index in [9.17, 15) is 18.3 Å². The minimum Gasteiger partial charge on any atom is -0.471 e. The number of anilines is 2. The number of pyridine rings is 1. The Labute approximate surface area is 177 Å². The highest BCUT2D eigenvalue weighted by molar-refractivity contribution is 7.92. The van der Waals surface area contributed by atoms with E-state index in [2.05, 4.69) is 4.98 Å². The average molecular weight is 434 g/mol. The largest absolute Gasteiger partial charge is 0.471 e. The molecule has 2 aromatic rings. The Morgan fingerprint density at radius 1 is 1.33 bits per heavy atom. The van der Waals surface area contributed by atoms with Gasteiger partial charge in [0, 0.05) is 5.54 Å². The Morgan fingerprint density at radius 2 is 2.03 bits per heavy atom. The number of nitrogens with zero attached hydrogens (tertiary/aromatic N) is 3. The molecule has 0 bridgehead atoms. The zero-order chi connectivity index (χ0) is 22.3. The number of aryl methyl sites for hydroxylation is 1. The van der Waals surface area contributed by atoms with Crippen molar-refractivity contribution in [2.45, 2.75) is 57.6 Å². The van der Waals surface area contributed by atoms with Crippen LogP contribution in [-0.4, -0.2) is 42.8 Å². The summed E-state index contributed by atoms with van der Waals surface area (Å²) in [6.45, 7) is 9.08. The second-order valence-electron chi connectivity index (χ2n) is 8.27. The molecule has 0 saturated carbocycles. The third kappa shape index (κ3) is 4.07. The highest BCUT2D eigenvalue weighted by Gasteiger charge is 2.36. The van der Waals surface area contributed by atoms with Crippen molar-refractivity contribution in [3.05, 3.63) is 42.1 Å². The summed E-state index contributed by atoms with van der Waals surface area (Å²) >= 11 is 0. The molecule has 30 heavy (non-hydrogen) atoms. The van der Waals surface area contributed by atoms with Crippen LogP contribution in [-0.2, 0) is 16.4 Å². The van der Waals surface area contributed by atoms with Crippen molar-refractivity contribution in [1.82, 2.24) is 4.98 Å². The van der Waals surface area contributed by atoms with Crippen molar-refractivity contribution in [2.75, 3.05) is 15.7 Å². The smallest absolute Gasteiger partial charge is 0.412 e. The molecule has 1 unspecified atom stereocenters. The molecule has 1 atom stereocenters. The van der Waals surface area contributed by atoms with Crippen molar-refractivity contribution < 1.29 is 23.1 Å². The number of carbonyl (C=O) groups is 1. The number of fused-ring (bicyclic) bond motifs is 1. The van der Waals surface area contributed by atoms with Crippen LogP contribution in [0, 0.1) is 0 Å². The van der Waals surface area contributed by atoms with E-state index in [-0.39, 0.29) is 28.7 Å². The number of benzene rings is 1. The summed E-state index contributed by atoms with van der Waals surface area (Å²) in [5.41, 5.74) is 0.663. The second kappa shape index (κ2) is 7.79. The molecule has 0 radical (unpaired) electrons. The number of ether oxygens (including phenoxy) is 1. The summed E-state index contributed by atoms with van der Waals surface area (Å²) in [4.78, 5) is 17.4. The molecule has 1 aromatic carbocycles. The summed E-state index contributed by atoms with van der Waals surface area (Å²) in [6.07, 6.45) is 0.542. The van der Waals surface area contributed by atoms with Crippen molar-refractivity contribution in [1.29, 1.82) is 0 Å². The lowest BCUT2D eigenvalue weighted by Gasteiger charge is -2.36. The van der Waals surface area contributed by atoms with Gasteiger partial charge in [-0.25, -0.2) is 18.2 Å². The topological polar surface area (TPSA) is 100 Å². The van der Waals surface area contributed by atoms with Crippen LogP contribution in [0.2, 0.25) is 0 Å². The van der Waals surface area contributed by atoms with E-state index in [1.807, 2.05) is 13.0 Å². The van der Waals surface area contributed by atoms with Crippen LogP contribution in [0.4, 0.5) is 16.2 Å². The quantitative estimate of drug-likeness (QED) is 0.785. The SMILES string of the molecule is CCc1cccc(S(=O)(=O)N2CC(C)Oc3ncc(N(C(=O)O)C(C)(C)C)cc32)c1. The fourth-order valence-corrected chi connectivity index (χ4v) is 5.05. The molecular weight excluding hydrogens is 406 g/mol. The summed E-state index contributed by atoms with van der Waals surface area (Å²) < 4.78 is 34.0. The minimum atomic E-state index is -3.89. The Balaban J connectivity index is 2.14. The van der Waals surface area contributed by atoms with Crippen LogP contribution in [0.5, 0.6) is 5.88 Å².